The first kappa shape index (κ1) is 24.0. The number of morpholine rings is 1. The van der Waals surface area contributed by atoms with E-state index in [1.165, 1.54) is 0 Å². The molecule has 2 aliphatic rings. The van der Waals surface area contributed by atoms with Gasteiger partial charge in [0.25, 0.3) is 11.7 Å². The third kappa shape index (κ3) is 5.32. The number of carbonyl (C=O) groups excluding carboxylic acids is 2. The highest BCUT2D eigenvalue weighted by atomic mass is 16.5. The summed E-state index contributed by atoms with van der Waals surface area (Å²) < 4.78 is 11.2. The maximum absolute atomic E-state index is 13.1. The van der Waals surface area contributed by atoms with Gasteiger partial charge in [-0.25, -0.2) is 0 Å². The SMILES string of the molecule is CC(C)Oc1ccc([C@@H]2/C(=C(\O)c3ccccc3)C(=O)C(=O)N2CCCN2CCOCC2)cc1. The molecule has 1 N–H and O–H groups in total. The van der Waals surface area contributed by atoms with Crippen LogP contribution in [0.1, 0.15) is 37.4 Å². The normalized spacial score (nSPS) is 20.8. The lowest BCUT2D eigenvalue weighted by Crippen LogP contribution is -2.38. The van der Waals surface area contributed by atoms with Gasteiger partial charge in [0, 0.05) is 31.7 Å². The zero-order valence-electron chi connectivity index (χ0n) is 19.8. The summed E-state index contributed by atoms with van der Waals surface area (Å²) >= 11 is 0. The number of amides is 1. The van der Waals surface area contributed by atoms with Crippen molar-refractivity contribution in [3.8, 4) is 5.75 Å². The van der Waals surface area contributed by atoms with E-state index in [0.29, 0.717) is 31.1 Å². The van der Waals surface area contributed by atoms with E-state index in [1.807, 2.05) is 44.2 Å². The summed E-state index contributed by atoms with van der Waals surface area (Å²) in [6.07, 6.45) is 0.762. The number of hydrogen-bond donors (Lipinski definition) is 1. The van der Waals surface area contributed by atoms with E-state index in [9.17, 15) is 14.7 Å². The Morgan fingerprint density at radius 1 is 1.03 bits per heavy atom. The quantitative estimate of drug-likeness (QED) is 0.365. The number of benzene rings is 2. The largest absolute Gasteiger partial charge is 0.507 e. The Kier molecular flexibility index (Phi) is 7.65. The molecule has 2 aliphatic heterocycles. The highest BCUT2D eigenvalue weighted by Gasteiger charge is 2.45. The molecule has 0 saturated carbocycles. The lowest BCUT2D eigenvalue weighted by atomic mass is 9.95. The highest BCUT2D eigenvalue weighted by molar-refractivity contribution is 6.46. The van der Waals surface area contributed by atoms with Crippen LogP contribution in [0.25, 0.3) is 5.76 Å². The number of rotatable bonds is 8. The van der Waals surface area contributed by atoms with Gasteiger partial charge in [-0.15, -0.1) is 0 Å². The molecule has 2 fully saturated rings. The van der Waals surface area contributed by atoms with Crippen molar-refractivity contribution in [3.63, 3.8) is 0 Å². The van der Waals surface area contributed by atoms with Gasteiger partial charge in [0.15, 0.2) is 0 Å². The van der Waals surface area contributed by atoms with Gasteiger partial charge in [-0.3, -0.25) is 14.5 Å². The number of nitrogens with zero attached hydrogens (tertiary/aromatic N) is 2. The van der Waals surface area contributed by atoms with Crippen molar-refractivity contribution in [2.24, 2.45) is 0 Å². The van der Waals surface area contributed by atoms with Crippen LogP contribution in [0.15, 0.2) is 60.2 Å². The molecule has 34 heavy (non-hydrogen) atoms. The first-order chi connectivity index (χ1) is 16.5. The molecule has 1 amide bonds. The number of ether oxygens (including phenoxy) is 2. The van der Waals surface area contributed by atoms with Crippen LogP contribution in [0.5, 0.6) is 5.75 Å². The summed E-state index contributed by atoms with van der Waals surface area (Å²) in [4.78, 5) is 30.1. The van der Waals surface area contributed by atoms with Crippen LogP contribution in [-0.2, 0) is 14.3 Å². The second-order valence-corrected chi connectivity index (χ2v) is 8.90. The molecule has 2 heterocycles. The Labute approximate surface area is 200 Å². The van der Waals surface area contributed by atoms with E-state index >= 15 is 0 Å². The Hall–Kier alpha value is -3.16. The fourth-order valence-corrected chi connectivity index (χ4v) is 4.50. The van der Waals surface area contributed by atoms with Crippen LogP contribution >= 0.6 is 0 Å². The van der Waals surface area contributed by atoms with Crippen molar-refractivity contribution in [1.29, 1.82) is 0 Å². The third-order valence-corrected chi connectivity index (χ3v) is 6.13. The molecule has 7 nitrogen and oxygen atoms in total. The van der Waals surface area contributed by atoms with E-state index < -0.39 is 17.7 Å². The first-order valence-electron chi connectivity index (χ1n) is 11.9. The van der Waals surface area contributed by atoms with Crippen LogP contribution in [-0.4, -0.2) is 72.1 Å². The summed E-state index contributed by atoms with van der Waals surface area (Å²) in [5, 5.41) is 11.1. The topological polar surface area (TPSA) is 79.3 Å². The lowest BCUT2D eigenvalue weighted by molar-refractivity contribution is -0.140. The monoisotopic (exact) mass is 464 g/mol. The molecule has 0 radical (unpaired) electrons. The summed E-state index contributed by atoms with van der Waals surface area (Å²) in [5.41, 5.74) is 1.40. The lowest BCUT2D eigenvalue weighted by Gasteiger charge is -2.29. The Balaban J connectivity index is 1.64. The average molecular weight is 465 g/mol. The molecule has 180 valence electrons. The van der Waals surface area contributed by atoms with Crippen LogP contribution in [0, 0.1) is 0 Å². The fourth-order valence-electron chi connectivity index (χ4n) is 4.50. The second-order valence-electron chi connectivity index (χ2n) is 8.90. The van der Waals surface area contributed by atoms with Gasteiger partial charge >= 0.3 is 0 Å². The average Bonchev–Trinajstić information content (AvgIpc) is 3.10. The molecule has 7 heteroatoms. The van der Waals surface area contributed by atoms with Crippen LogP contribution in [0.2, 0.25) is 0 Å². The van der Waals surface area contributed by atoms with Crippen LogP contribution in [0.4, 0.5) is 0 Å². The van der Waals surface area contributed by atoms with E-state index in [-0.39, 0.29) is 17.4 Å². The first-order valence-corrected chi connectivity index (χ1v) is 11.9. The van der Waals surface area contributed by atoms with Gasteiger partial charge in [0.2, 0.25) is 0 Å². The zero-order chi connectivity index (χ0) is 24.1. The summed E-state index contributed by atoms with van der Waals surface area (Å²) in [7, 11) is 0. The van der Waals surface area contributed by atoms with Crippen molar-refractivity contribution in [2.75, 3.05) is 39.4 Å². The molecule has 2 aromatic carbocycles. The molecule has 0 bridgehead atoms. The number of aliphatic hydroxyl groups excluding tert-OH is 1. The summed E-state index contributed by atoms with van der Waals surface area (Å²) in [6, 6.07) is 15.6. The van der Waals surface area contributed by atoms with Gasteiger partial charge in [-0.1, -0.05) is 42.5 Å². The highest BCUT2D eigenvalue weighted by Crippen LogP contribution is 2.39. The van der Waals surface area contributed by atoms with Gasteiger partial charge in [0.1, 0.15) is 11.5 Å². The molecule has 2 saturated heterocycles. The predicted molar refractivity (Wildman–Crippen MR) is 130 cm³/mol. The maximum Gasteiger partial charge on any atom is 0.295 e. The third-order valence-electron chi connectivity index (χ3n) is 6.13. The minimum absolute atomic E-state index is 0.0368. The van der Waals surface area contributed by atoms with Crippen molar-refractivity contribution in [1.82, 2.24) is 9.80 Å². The Bertz CT molecular complexity index is 1030. The molecule has 1 atom stereocenters. The number of likely N-dealkylation sites (tertiary alicyclic amines) is 1. The van der Waals surface area contributed by atoms with Crippen molar-refractivity contribution < 1.29 is 24.2 Å². The Morgan fingerprint density at radius 2 is 1.71 bits per heavy atom. The van der Waals surface area contributed by atoms with Gasteiger partial charge in [-0.2, -0.15) is 0 Å². The van der Waals surface area contributed by atoms with E-state index in [2.05, 4.69) is 4.90 Å². The summed E-state index contributed by atoms with van der Waals surface area (Å²) in [5.74, 6) is -0.666. The zero-order valence-corrected chi connectivity index (χ0v) is 19.8. The van der Waals surface area contributed by atoms with Crippen LogP contribution in [0.3, 0.4) is 0 Å². The smallest absolute Gasteiger partial charge is 0.295 e. The van der Waals surface area contributed by atoms with Crippen molar-refractivity contribution in [3.05, 3.63) is 71.3 Å². The number of carbonyl (C=O) groups is 2. The number of hydrogen-bond acceptors (Lipinski definition) is 6. The molecular formula is C27H32N2O5. The number of ketones is 1. The number of aliphatic hydroxyl groups is 1. The van der Waals surface area contributed by atoms with Crippen molar-refractivity contribution in [2.45, 2.75) is 32.4 Å². The van der Waals surface area contributed by atoms with E-state index in [0.717, 1.165) is 31.6 Å². The predicted octanol–water partition coefficient (Wildman–Crippen LogP) is 3.62. The molecule has 0 aromatic heterocycles. The summed E-state index contributed by atoms with van der Waals surface area (Å²) in [6.45, 7) is 8.32. The van der Waals surface area contributed by atoms with E-state index in [4.69, 9.17) is 9.47 Å². The molecule has 0 unspecified atom stereocenters. The second kappa shape index (κ2) is 10.8. The van der Waals surface area contributed by atoms with Gasteiger partial charge < -0.3 is 19.5 Å². The molecule has 4 rings (SSSR count). The van der Waals surface area contributed by atoms with Gasteiger partial charge in [-0.05, 0) is 38.0 Å². The van der Waals surface area contributed by atoms with E-state index in [1.54, 1.807) is 29.2 Å². The van der Waals surface area contributed by atoms with Crippen LogP contribution < -0.4 is 4.74 Å². The minimum Gasteiger partial charge on any atom is -0.507 e. The number of Topliss-reactive ketones (excluding diaryl/α,β-unsaturated/α-hetero) is 1. The molecule has 2 aromatic rings. The maximum atomic E-state index is 13.1. The van der Waals surface area contributed by atoms with Gasteiger partial charge in [0.05, 0.1) is 30.9 Å². The molecule has 0 spiro atoms. The Morgan fingerprint density at radius 3 is 2.35 bits per heavy atom. The standard InChI is InChI=1S/C27H32N2O5/c1-19(2)34-22-11-9-20(10-12-22)24-23(25(30)21-7-4-3-5-8-21)26(31)27(32)29(24)14-6-13-28-15-17-33-18-16-28/h3-5,7-12,19,24,30H,6,13-18H2,1-2H3/b25-23+/t24-/m1/s1. The van der Waals surface area contributed by atoms with Crippen molar-refractivity contribution >= 4 is 17.4 Å². The molecule has 0 aliphatic carbocycles. The molecular weight excluding hydrogens is 432 g/mol. The fraction of sp³-hybridized carbons (Fsp3) is 0.407. The minimum atomic E-state index is -0.655.